The molecule has 0 radical (unpaired) electrons. The molecule has 0 amide bonds. The van der Waals surface area contributed by atoms with Crippen LogP contribution in [0.1, 0.15) is 39.0 Å². The summed E-state index contributed by atoms with van der Waals surface area (Å²) in [6, 6.07) is 0.606. The van der Waals surface area contributed by atoms with Crippen LogP contribution in [0.3, 0.4) is 0 Å². The molecule has 1 rings (SSSR count). The molecule has 0 bridgehead atoms. The van der Waals surface area contributed by atoms with Gasteiger partial charge in [-0.1, -0.05) is 19.3 Å². The van der Waals surface area contributed by atoms with Gasteiger partial charge in [-0.3, -0.25) is 4.99 Å². The van der Waals surface area contributed by atoms with Crippen molar-refractivity contribution in [3.8, 4) is 0 Å². The van der Waals surface area contributed by atoms with Crippen LogP contribution in [0.5, 0.6) is 0 Å². The SMILES string of the molecule is CCNC(=NCCOC)NC1CCCCC1. The second kappa shape index (κ2) is 8.39. The van der Waals surface area contributed by atoms with Crippen LogP contribution < -0.4 is 10.6 Å². The van der Waals surface area contributed by atoms with Gasteiger partial charge in [0.15, 0.2) is 5.96 Å². The Bertz CT molecular complexity index is 200. The predicted octanol–water partition coefficient (Wildman–Crippen LogP) is 1.52. The minimum atomic E-state index is 0.606. The zero-order valence-electron chi connectivity index (χ0n) is 10.6. The normalized spacial score (nSPS) is 18.5. The monoisotopic (exact) mass is 227 g/mol. The molecule has 4 heteroatoms. The minimum Gasteiger partial charge on any atom is -0.383 e. The Kier molecular flexibility index (Phi) is 6.97. The van der Waals surface area contributed by atoms with Gasteiger partial charge >= 0.3 is 0 Å². The Morgan fingerprint density at radius 1 is 1.31 bits per heavy atom. The van der Waals surface area contributed by atoms with Gasteiger partial charge in [-0.05, 0) is 19.8 Å². The third kappa shape index (κ3) is 5.35. The number of nitrogens with one attached hydrogen (secondary N) is 2. The molecule has 1 saturated carbocycles. The Balaban J connectivity index is 2.33. The van der Waals surface area contributed by atoms with Crippen molar-refractivity contribution in [3.05, 3.63) is 0 Å². The molecule has 16 heavy (non-hydrogen) atoms. The number of hydrogen-bond donors (Lipinski definition) is 2. The molecular formula is C12H25N3O. The lowest BCUT2D eigenvalue weighted by Gasteiger charge is -2.24. The first-order valence-corrected chi connectivity index (χ1v) is 6.40. The molecule has 0 saturated heterocycles. The molecule has 0 aromatic carbocycles. The van der Waals surface area contributed by atoms with Crippen LogP contribution in [0.25, 0.3) is 0 Å². The third-order valence-electron chi connectivity index (χ3n) is 2.86. The van der Waals surface area contributed by atoms with Crippen LogP contribution in [0.4, 0.5) is 0 Å². The number of hydrogen-bond acceptors (Lipinski definition) is 2. The molecule has 4 nitrogen and oxygen atoms in total. The second-order valence-electron chi connectivity index (χ2n) is 4.23. The molecule has 0 aromatic rings. The van der Waals surface area contributed by atoms with E-state index in [4.69, 9.17) is 4.74 Å². The van der Waals surface area contributed by atoms with E-state index in [1.807, 2.05) is 0 Å². The lowest BCUT2D eigenvalue weighted by molar-refractivity contribution is 0.207. The Hall–Kier alpha value is -0.770. The van der Waals surface area contributed by atoms with Gasteiger partial charge in [0.25, 0.3) is 0 Å². The molecule has 1 aliphatic carbocycles. The summed E-state index contributed by atoms with van der Waals surface area (Å²) in [5.41, 5.74) is 0. The molecule has 0 heterocycles. The standard InChI is InChI=1S/C12H25N3O/c1-3-13-12(14-9-10-16-2)15-11-7-5-4-6-8-11/h11H,3-10H2,1-2H3,(H2,13,14,15). The molecule has 1 fully saturated rings. The fourth-order valence-corrected chi connectivity index (χ4v) is 2.01. The average molecular weight is 227 g/mol. The van der Waals surface area contributed by atoms with E-state index in [1.165, 1.54) is 32.1 Å². The maximum atomic E-state index is 5.00. The van der Waals surface area contributed by atoms with Crippen molar-refractivity contribution in [3.63, 3.8) is 0 Å². The maximum Gasteiger partial charge on any atom is 0.191 e. The average Bonchev–Trinajstić information content (AvgIpc) is 2.31. The zero-order valence-corrected chi connectivity index (χ0v) is 10.6. The minimum absolute atomic E-state index is 0.606. The highest BCUT2D eigenvalue weighted by atomic mass is 16.5. The molecule has 0 aliphatic heterocycles. The van der Waals surface area contributed by atoms with Gasteiger partial charge in [0.2, 0.25) is 0 Å². The van der Waals surface area contributed by atoms with E-state index in [1.54, 1.807) is 7.11 Å². The van der Waals surface area contributed by atoms with Gasteiger partial charge in [0, 0.05) is 19.7 Å². The predicted molar refractivity (Wildman–Crippen MR) is 67.9 cm³/mol. The molecular weight excluding hydrogens is 202 g/mol. The van der Waals surface area contributed by atoms with E-state index >= 15 is 0 Å². The van der Waals surface area contributed by atoms with E-state index in [-0.39, 0.29) is 0 Å². The number of ether oxygens (including phenoxy) is 1. The summed E-state index contributed by atoms with van der Waals surface area (Å²) in [4.78, 5) is 4.47. The number of nitrogens with zero attached hydrogens (tertiary/aromatic N) is 1. The molecule has 1 aliphatic rings. The van der Waals surface area contributed by atoms with Crippen LogP contribution in [0, 0.1) is 0 Å². The van der Waals surface area contributed by atoms with Crippen molar-refractivity contribution in [2.75, 3.05) is 26.8 Å². The highest BCUT2D eigenvalue weighted by molar-refractivity contribution is 5.80. The van der Waals surface area contributed by atoms with Crippen molar-refractivity contribution in [1.82, 2.24) is 10.6 Å². The summed E-state index contributed by atoms with van der Waals surface area (Å²) in [6.45, 7) is 4.40. The van der Waals surface area contributed by atoms with Gasteiger partial charge in [-0.15, -0.1) is 0 Å². The van der Waals surface area contributed by atoms with Crippen molar-refractivity contribution < 1.29 is 4.74 Å². The summed E-state index contributed by atoms with van der Waals surface area (Å²) in [7, 11) is 1.71. The first-order chi connectivity index (χ1) is 7.86. The largest absolute Gasteiger partial charge is 0.383 e. The van der Waals surface area contributed by atoms with Gasteiger partial charge in [-0.25, -0.2) is 0 Å². The Morgan fingerprint density at radius 3 is 2.69 bits per heavy atom. The first-order valence-electron chi connectivity index (χ1n) is 6.40. The summed E-state index contributed by atoms with van der Waals surface area (Å²) in [5, 5.41) is 6.77. The van der Waals surface area contributed by atoms with E-state index in [9.17, 15) is 0 Å². The molecule has 0 unspecified atom stereocenters. The van der Waals surface area contributed by atoms with Gasteiger partial charge in [0.05, 0.1) is 13.2 Å². The van der Waals surface area contributed by atoms with Crippen LogP contribution in [0.15, 0.2) is 4.99 Å². The number of aliphatic imine (C=N–C) groups is 1. The summed E-state index contributed by atoms with van der Waals surface area (Å²) in [5.74, 6) is 0.937. The van der Waals surface area contributed by atoms with E-state index in [0.717, 1.165) is 19.0 Å². The fraction of sp³-hybridized carbons (Fsp3) is 0.917. The molecule has 0 spiro atoms. The van der Waals surface area contributed by atoms with Crippen LogP contribution in [-0.4, -0.2) is 38.8 Å². The van der Waals surface area contributed by atoms with E-state index in [0.29, 0.717) is 12.6 Å². The van der Waals surface area contributed by atoms with Crippen molar-refractivity contribution >= 4 is 5.96 Å². The Morgan fingerprint density at radius 2 is 2.06 bits per heavy atom. The van der Waals surface area contributed by atoms with Gasteiger partial charge in [-0.2, -0.15) is 0 Å². The lowest BCUT2D eigenvalue weighted by atomic mass is 9.96. The summed E-state index contributed by atoms with van der Waals surface area (Å²) in [6.07, 6.45) is 6.61. The summed E-state index contributed by atoms with van der Waals surface area (Å²) >= 11 is 0. The van der Waals surface area contributed by atoms with Crippen molar-refractivity contribution in [2.24, 2.45) is 4.99 Å². The third-order valence-corrected chi connectivity index (χ3v) is 2.86. The quantitative estimate of drug-likeness (QED) is 0.425. The first kappa shape index (κ1) is 13.3. The number of rotatable bonds is 5. The smallest absolute Gasteiger partial charge is 0.191 e. The van der Waals surface area contributed by atoms with Crippen LogP contribution in [0.2, 0.25) is 0 Å². The van der Waals surface area contributed by atoms with Crippen molar-refractivity contribution in [2.45, 2.75) is 45.1 Å². The topological polar surface area (TPSA) is 45.7 Å². The zero-order chi connectivity index (χ0) is 11.6. The molecule has 2 N–H and O–H groups in total. The van der Waals surface area contributed by atoms with E-state index < -0.39 is 0 Å². The fourth-order valence-electron chi connectivity index (χ4n) is 2.01. The summed E-state index contributed by atoms with van der Waals surface area (Å²) < 4.78 is 5.00. The van der Waals surface area contributed by atoms with Crippen LogP contribution in [-0.2, 0) is 4.74 Å². The van der Waals surface area contributed by atoms with Gasteiger partial charge in [0.1, 0.15) is 0 Å². The Labute approximate surface area is 98.9 Å². The molecule has 0 atom stereocenters. The highest BCUT2D eigenvalue weighted by Gasteiger charge is 2.13. The maximum absolute atomic E-state index is 5.00. The van der Waals surface area contributed by atoms with Crippen molar-refractivity contribution in [1.29, 1.82) is 0 Å². The van der Waals surface area contributed by atoms with E-state index in [2.05, 4.69) is 22.5 Å². The highest BCUT2D eigenvalue weighted by Crippen LogP contribution is 2.17. The lowest BCUT2D eigenvalue weighted by Crippen LogP contribution is -2.44. The second-order valence-corrected chi connectivity index (χ2v) is 4.23. The number of methoxy groups -OCH3 is 1. The van der Waals surface area contributed by atoms with Gasteiger partial charge < -0.3 is 15.4 Å². The molecule has 94 valence electrons. The number of guanidine groups is 1. The molecule has 0 aromatic heterocycles. The van der Waals surface area contributed by atoms with Crippen LogP contribution >= 0.6 is 0 Å².